The van der Waals surface area contributed by atoms with Crippen molar-refractivity contribution in [1.29, 1.82) is 0 Å². The van der Waals surface area contributed by atoms with Gasteiger partial charge in [-0.25, -0.2) is 0 Å². The van der Waals surface area contributed by atoms with Crippen LogP contribution in [0.2, 0.25) is 0 Å². The average molecular weight is 236 g/mol. The third-order valence-corrected chi connectivity index (χ3v) is 4.88. The van der Waals surface area contributed by atoms with Gasteiger partial charge in [0.1, 0.15) is 0 Å². The Morgan fingerprint density at radius 3 is 3.06 bits per heavy atom. The van der Waals surface area contributed by atoms with Gasteiger partial charge in [-0.3, -0.25) is 0 Å². The molecule has 3 heteroatoms. The van der Waals surface area contributed by atoms with Gasteiger partial charge in [0.05, 0.1) is 6.10 Å². The highest BCUT2D eigenvalue weighted by atomic mass is 16.5. The Morgan fingerprint density at radius 2 is 2.29 bits per heavy atom. The summed E-state index contributed by atoms with van der Waals surface area (Å²) >= 11 is 0. The van der Waals surface area contributed by atoms with Gasteiger partial charge >= 0.3 is 0 Å². The molecule has 0 spiro atoms. The Balaban J connectivity index is 1.71. The fourth-order valence-electron chi connectivity index (χ4n) is 3.89. The minimum absolute atomic E-state index is 0.501. The highest BCUT2D eigenvalue weighted by Gasteiger charge is 2.41. The lowest BCUT2D eigenvalue weighted by molar-refractivity contribution is 0.0412. The van der Waals surface area contributed by atoms with Crippen LogP contribution in [0, 0.1) is 11.8 Å². The molecule has 1 aliphatic carbocycles. The Hall–Kier alpha value is -0.380. The van der Waals surface area contributed by atoms with Crippen LogP contribution in [0.1, 0.15) is 25.7 Å². The van der Waals surface area contributed by atoms with E-state index in [1.54, 1.807) is 5.57 Å². The first-order chi connectivity index (χ1) is 8.38. The second kappa shape index (κ2) is 5.09. The van der Waals surface area contributed by atoms with Crippen molar-refractivity contribution in [2.45, 2.75) is 37.8 Å². The van der Waals surface area contributed by atoms with Crippen molar-refractivity contribution in [3.05, 3.63) is 11.6 Å². The van der Waals surface area contributed by atoms with Crippen molar-refractivity contribution in [1.82, 2.24) is 10.6 Å². The minimum atomic E-state index is 0.501. The first-order valence-corrected chi connectivity index (χ1v) is 7.04. The van der Waals surface area contributed by atoms with Gasteiger partial charge in [0, 0.05) is 26.2 Å². The van der Waals surface area contributed by atoms with E-state index in [4.69, 9.17) is 4.74 Å². The molecule has 17 heavy (non-hydrogen) atoms. The van der Waals surface area contributed by atoms with Crippen LogP contribution in [-0.2, 0) is 4.74 Å². The number of ether oxygens (including phenoxy) is 1. The molecule has 2 heterocycles. The molecule has 96 valence electrons. The molecular formula is C14H24N2O. The zero-order chi connectivity index (χ0) is 11.7. The predicted octanol–water partition coefficient (Wildman–Crippen LogP) is 1.31. The molecule has 0 amide bonds. The first kappa shape index (κ1) is 11.7. The summed E-state index contributed by atoms with van der Waals surface area (Å²) in [6.45, 7) is 3.42. The van der Waals surface area contributed by atoms with Crippen LogP contribution >= 0.6 is 0 Å². The molecule has 0 radical (unpaired) electrons. The molecule has 0 aromatic carbocycles. The summed E-state index contributed by atoms with van der Waals surface area (Å²) in [5.74, 6) is 1.60. The highest BCUT2D eigenvalue weighted by Crippen LogP contribution is 2.40. The minimum Gasteiger partial charge on any atom is -0.381 e. The molecule has 2 N–H and O–H groups in total. The molecule has 2 fully saturated rings. The number of hydrogen-bond donors (Lipinski definition) is 2. The summed E-state index contributed by atoms with van der Waals surface area (Å²) in [6, 6.07) is 0.752. The standard InChI is InChI=1S/C14H24N2O/c1-17-11-2-3-14-12(8-11)13(9-16-14)10-4-6-15-7-5-10/h4,11-16H,2-3,5-9H2,1H3. The van der Waals surface area contributed by atoms with Crippen molar-refractivity contribution in [3.63, 3.8) is 0 Å². The smallest absolute Gasteiger partial charge is 0.0575 e. The van der Waals surface area contributed by atoms with Crippen molar-refractivity contribution < 1.29 is 4.74 Å². The quantitative estimate of drug-likeness (QED) is 0.709. The van der Waals surface area contributed by atoms with Crippen molar-refractivity contribution in [2.75, 3.05) is 26.7 Å². The van der Waals surface area contributed by atoms with Gasteiger partial charge < -0.3 is 15.4 Å². The number of nitrogens with one attached hydrogen (secondary N) is 2. The lowest BCUT2D eigenvalue weighted by Gasteiger charge is -2.34. The largest absolute Gasteiger partial charge is 0.381 e. The van der Waals surface area contributed by atoms with E-state index in [9.17, 15) is 0 Å². The summed E-state index contributed by atoms with van der Waals surface area (Å²) in [5.41, 5.74) is 1.69. The molecule has 0 aromatic heterocycles. The maximum atomic E-state index is 5.58. The van der Waals surface area contributed by atoms with Crippen LogP contribution in [0.25, 0.3) is 0 Å². The third-order valence-electron chi connectivity index (χ3n) is 4.88. The molecule has 3 aliphatic rings. The lowest BCUT2D eigenvalue weighted by atomic mass is 9.75. The fourth-order valence-corrected chi connectivity index (χ4v) is 3.89. The monoisotopic (exact) mass is 236 g/mol. The molecule has 4 atom stereocenters. The Labute approximate surface area is 104 Å². The van der Waals surface area contributed by atoms with Crippen molar-refractivity contribution >= 4 is 0 Å². The SMILES string of the molecule is COC1CCC2NCC(C3=CCNCC3)C2C1. The zero-order valence-corrected chi connectivity index (χ0v) is 10.7. The number of methoxy groups -OCH3 is 1. The summed E-state index contributed by atoms with van der Waals surface area (Å²) in [7, 11) is 1.87. The Bertz CT molecular complexity index is 303. The van der Waals surface area contributed by atoms with Gasteiger partial charge in [0.25, 0.3) is 0 Å². The van der Waals surface area contributed by atoms with Crippen LogP contribution in [0.3, 0.4) is 0 Å². The molecule has 0 bridgehead atoms. The Kier molecular flexibility index (Phi) is 3.50. The summed E-state index contributed by atoms with van der Waals surface area (Å²) in [4.78, 5) is 0. The number of fused-ring (bicyclic) bond motifs is 1. The first-order valence-electron chi connectivity index (χ1n) is 7.04. The lowest BCUT2D eigenvalue weighted by Crippen LogP contribution is -2.37. The normalized spacial score (nSPS) is 42.1. The molecule has 0 aromatic rings. The van der Waals surface area contributed by atoms with Gasteiger partial charge in [0.15, 0.2) is 0 Å². The second-order valence-electron chi connectivity index (χ2n) is 5.69. The van der Waals surface area contributed by atoms with E-state index < -0.39 is 0 Å². The third kappa shape index (κ3) is 2.28. The molecule has 1 saturated carbocycles. The number of hydrogen-bond acceptors (Lipinski definition) is 3. The van der Waals surface area contributed by atoms with Crippen LogP contribution < -0.4 is 10.6 Å². The summed E-state index contributed by atoms with van der Waals surface area (Å²) in [6.07, 6.45) is 7.95. The summed E-state index contributed by atoms with van der Waals surface area (Å²) in [5, 5.41) is 7.14. The molecule has 3 nitrogen and oxygen atoms in total. The van der Waals surface area contributed by atoms with E-state index in [0.717, 1.165) is 31.0 Å². The van der Waals surface area contributed by atoms with Gasteiger partial charge in [-0.15, -0.1) is 0 Å². The van der Waals surface area contributed by atoms with Crippen LogP contribution in [0.5, 0.6) is 0 Å². The number of rotatable bonds is 2. The second-order valence-corrected chi connectivity index (χ2v) is 5.69. The maximum Gasteiger partial charge on any atom is 0.0575 e. The van der Waals surface area contributed by atoms with Gasteiger partial charge in [-0.05, 0) is 44.1 Å². The predicted molar refractivity (Wildman–Crippen MR) is 69.0 cm³/mol. The van der Waals surface area contributed by atoms with E-state index in [1.165, 1.54) is 32.2 Å². The summed E-state index contributed by atoms with van der Waals surface area (Å²) < 4.78 is 5.58. The molecule has 1 saturated heterocycles. The maximum absolute atomic E-state index is 5.58. The Morgan fingerprint density at radius 1 is 1.35 bits per heavy atom. The molecule has 3 rings (SSSR count). The highest BCUT2D eigenvalue weighted by molar-refractivity contribution is 5.17. The van der Waals surface area contributed by atoms with E-state index >= 15 is 0 Å². The van der Waals surface area contributed by atoms with Crippen LogP contribution in [-0.4, -0.2) is 38.9 Å². The molecule has 2 aliphatic heterocycles. The van der Waals surface area contributed by atoms with Crippen LogP contribution in [0.15, 0.2) is 11.6 Å². The van der Waals surface area contributed by atoms with Crippen molar-refractivity contribution in [2.24, 2.45) is 11.8 Å². The van der Waals surface area contributed by atoms with Crippen molar-refractivity contribution in [3.8, 4) is 0 Å². The molecular weight excluding hydrogens is 212 g/mol. The van der Waals surface area contributed by atoms with Gasteiger partial charge in [-0.2, -0.15) is 0 Å². The molecule has 4 unspecified atom stereocenters. The topological polar surface area (TPSA) is 33.3 Å². The zero-order valence-electron chi connectivity index (χ0n) is 10.7. The van der Waals surface area contributed by atoms with Gasteiger partial charge in [-0.1, -0.05) is 11.6 Å². The van der Waals surface area contributed by atoms with Crippen LogP contribution in [0.4, 0.5) is 0 Å². The van der Waals surface area contributed by atoms with E-state index in [2.05, 4.69) is 16.7 Å². The van der Waals surface area contributed by atoms with E-state index in [0.29, 0.717) is 6.10 Å². The average Bonchev–Trinajstić information content (AvgIpc) is 2.82. The fraction of sp³-hybridized carbons (Fsp3) is 0.857. The van der Waals surface area contributed by atoms with E-state index in [1.807, 2.05) is 7.11 Å². The van der Waals surface area contributed by atoms with Gasteiger partial charge in [0.2, 0.25) is 0 Å². The van der Waals surface area contributed by atoms with E-state index in [-0.39, 0.29) is 0 Å².